The lowest BCUT2D eigenvalue weighted by molar-refractivity contribution is 0.201. The fourth-order valence-corrected chi connectivity index (χ4v) is 3.25. The molecule has 0 spiro atoms. The Morgan fingerprint density at radius 1 is 1.00 bits per heavy atom. The monoisotopic (exact) mass is 343 g/mol. The minimum Gasteiger partial charge on any atom is -0.484 e. The minimum atomic E-state index is 0.100. The first kappa shape index (κ1) is 18.5. The maximum Gasteiger partial charge on any atom is 0.134 e. The molecule has 0 unspecified atom stereocenters. The molecule has 1 aromatic heterocycles. The summed E-state index contributed by atoms with van der Waals surface area (Å²) in [5.41, 5.74) is 0. The van der Waals surface area contributed by atoms with Crippen molar-refractivity contribution in [3.05, 3.63) is 64.9 Å². The van der Waals surface area contributed by atoms with Gasteiger partial charge in [-0.05, 0) is 36.5 Å². The zero-order valence-corrected chi connectivity index (χ0v) is 15.3. The summed E-state index contributed by atoms with van der Waals surface area (Å²) in [6, 6.07) is 18.8. The molecule has 128 valence electrons. The van der Waals surface area contributed by atoms with Crippen LogP contribution >= 0.6 is 11.3 Å². The molecule has 0 fully saturated rings. The molecule has 0 amide bonds. The van der Waals surface area contributed by atoms with E-state index in [1.165, 1.54) is 15.6 Å². The van der Waals surface area contributed by atoms with Crippen LogP contribution in [0.4, 0.5) is 0 Å². The van der Waals surface area contributed by atoms with Crippen molar-refractivity contribution in [3.8, 4) is 5.75 Å². The molecule has 0 saturated heterocycles. The predicted molar refractivity (Wildman–Crippen MR) is 103 cm³/mol. The summed E-state index contributed by atoms with van der Waals surface area (Å²) in [5.74, 6) is 0.961. The summed E-state index contributed by atoms with van der Waals surface area (Å²) >= 11 is 1.75. The van der Waals surface area contributed by atoms with E-state index in [1.807, 2.05) is 7.05 Å². The van der Waals surface area contributed by atoms with E-state index in [0.29, 0.717) is 0 Å². The molecule has 1 atom stereocenters. The highest BCUT2D eigenvalue weighted by Gasteiger charge is 2.15. The molecule has 3 nitrogen and oxygen atoms in total. The number of rotatable bonds is 6. The molecule has 0 bridgehead atoms. The second-order valence-electron chi connectivity index (χ2n) is 5.40. The summed E-state index contributed by atoms with van der Waals surface area (Å²) in [6.07, 6.45) is 1.06. The van der Waals surface area contributed by atoms with E-state index in [0.717, 1.165) is 18.7 Å². The van der Waals surface area contributed by atoms with E-state index < -0.39 is 0 Å². The highest BCUT2D eigenvalue weighted by atomic mass is 32.1. The Labute approximate surface area is 148 Å². The van der Waals surface area contributed by atoms with Crippen LogP contribution in [0.15, 0.2) is 60.0 Å². The summed E-state index contributed by atoms with van der Waals surface area (Å²) in [5, 5.41) is 7.70. The Kier molecular flexibility index (Phi) is 7.75. The lowest BCUT2D eigenvalue weighted by Gasteiger charge is -2.19. The van der Waals surface area contributed by atoms with Gasteiger partial charge in [-0.15, -0.1) is 11.3 Å². The second kappa shape index (κ2) is 10.1. The summed E-state index contributed by atoms with van der Waals surface area (Å²) < 4.78 is 10.6. The maximum absolute atomic E-state index is 6.34. The van der Waals surface area contributed by atoms with Gasteiger partial charge in [0.25, 0.3) is 0 Å². The highest BCUT2D eigenvalue weighted by molar-refractivity contribution is 7.10. The third-order valence-electron chi connectivity index (χ3n) is 3.54. The van der Waals surface area contributed by atoms with E-state index in [1.54, 1.807) is 25.6 Å². The number of thiophene rings is 1. The highest BCUT2D eigenvalue weighted by Crippen LogP contribution is 2.32. The molecule has 0 radical (unpaired) electrons. The average molecular weight is 343 g/mol. The van der Waals surface area contributed by atoms with Gasteiger partial charge in [0.15, 0.2) is 0 Å². The fraction of sp³-hybridized carbons (Fsp3) is 0.300. The van der Waals surface area contributed by atoms with Crippen LogP contribution in [0, 0.1) is 0 Å². The quantitative estimate of drug-likeness (QED) is 0.691. The number of ether oxygens (including phenoxy) is 2. The third-order valence-corrected chi connectivity index (χ3v) is 4.50. The lowest BCUT2D eigenvalue weighted by Crippen LogP contribution is -2.15. The molecule has 4 heteroatoms. The van der Waals surface area contributed by atoms with Gasteiger partial charge in [0, 0.05) is 30.9 Å². The van der Waals surface area contributed by atoms with Crippen LogP contribution in [0.1, 0.15) is 17.4 Å². The van der Waals surface area contributed by atoms with E-state index in [-0.39, 0.29) is 6.10 Å². The van der Waals surface area contributed by atoms with Crippen LogP contribution in [0.25, 0.3) is 10.8 Å². The number of hydrogen-bond donors (Lipinski definition) is 1. The largest absolute Gasteiger partial charge is 0.484 e. The van der Waals surface area contributed by atoms with Gasteiger partial charge in [0.05, 0.1) is 0 Å². The van der Waals surface area contributed by atoms with Gasteiger partial charge < -0.3 is 14.8 Å². The molecule has 3 rings (SSSR count). The molecular weight excluding hydrogens is 318 g/mol. The van der Waals surface area contributed by atoms with Crippen molar-refractivity contribution in [2.45, 2.75) is 12.5 Å². The van der Waals surface area contributed by atoms with Gasteiger partial charge in [-0.3, -0.25) is 0 Å². The Morgan fingerprint density at radius 3 is 2.46 bits per heavy atom. The minimum absolute atomic E-state index is 0.100. The van der Waals surface area contributed by atoms with E-state index in [4.69, 9.17) is 4.74 Å². The van der Waals surface area contributed by atoms with E-state index >= 15 is 0 Å². The number of methoxy groups -OCH3 is 1. The Bertz CT molecular complexity index is 707. The third kappa shape index (κ3) is 5.06. The maximum atomic E-state index is 6.34. The van der Waals surface area contributed by atoms with Crippen molar-refractivity contribution >= 4 is 22.1 Å². The van der Waals surface area contributed by atoms with Crippen LogP contribution in [-0.2, 0) is 4.74 Å². The standard InChI is InChI=1S/C18H19NOS.C2H6O/c1-19-12-11-17(18-10-5-13-21-18)20-16-9-4-7-14-6-2-3-8-15(14)16;1-3-2/h2-10,13,17,19H,11-12H2,1H3;1-2H3/t17-;/m0./s1. The molecule has 2 aromatic carbocycles. The number of nitrogens with one attached hydrogen (secondary N) is 1. The van der Waals surface area contributed by atoms with Crippen molar-refractivity contribution in [2.24, 2.45) is 0 Å². The molecule has 0 aliphatic carbocycles. The molecule has 0 aliphatic rings. The SMILES string of the molecule is CNCC[C@H](Oc1cccc2ccccc12)c1cccs1.COC. The molecule has 1 heterocycles. The predicted octanol–water partition coefficient (Wildman–Crippen LogP) is 4.89. The van der Waals surface area contributed by atoms with Crippen molar-refractivity contribution < 1.29 is 9.47 Å². The second-order valence-corrected chi connectivity index (χ2v) is 6.38. The van der Waals surface area contributed by atoms with Crippen molar-refractivity contribution in [1.29, 1.82) is 0 Å². The van der Waals surface area contributed by atoms with Gasteiger partial charge in [-0.2, -0.15) is 0 Å². The fourth-order valence-electron chi connectivity index (χ4n) is 2.46. The first-order chi connectivity index (χ1) is 11.8. The number of benzene rings is 2. The molecule has 3 aromatic rings. The zero-order valence-electron chi connectivity index (χ0n) is 14.5. The Morgan fingerprint density at radius 2 is 1.75 bits per heavy atom. The number of hydrogen-bond acceptors (Lipinski definition) is 4. The van der Waals surface area contributed by atoms with Crippen molar-refractivity contribution in [3.63, 3.8) is 0 Å². The van der Waals surface area contributed by atoms with Gasteiger partial charge >= 0.3 is 0 Å². The van der Waals surface area contributed by atoms with Crippen LogP contribution in [0.2, 0.25) is 0 Å². The average Bonchev–Trinajstić information content (AvgIpc) is 3.14. The summed E-state index contributed by atoms with van der Waals surface area (Å²) in [7, 11) is 5.23. The molecular formula is C20H25NO2S. The summed E-state index contributed by atoms with van der Waals surface area (Å²) in [4.78, 5) is 1.28. The molecule has 0 aliphatic heterocycles. The lowest BCUT2D eigenvalue weighted by atomic mass is 10.1. The number of fused-ring (bicyclic) bond motifs is 1. The van der Waals surface area contributed by atoms with Gasteiger partial charge in [-0.25, -0.2) is 0 Å². The van der Waals surface area contributed by atoms with E-state index in [9.17, 15) is 0 Å². The molecule has 24 heavy (non-hydrogen) atoms. The van der Waals surface area contributed by atoms with Gasteiger partial charge in [0.2, 0.25) is 0 Å². The van der Waals surface area contributed by atoms with Crippen LogP contribution in [-0.4, -0.2) is 27.8 Å². The first-order valence-electron chi connectivity index (χ1n) is 8.02. The van der Waals surface area contributed by atoms with Crippen LogP contribution in [0.3, 0.4) is 0 Å². The molecule has 1 N–H and O–H groups in total. The van der Waals surface area contributed by atoms with E-state index in [2.05, 4.69) is 70.0 Å². The van der Waals surface area contributed by atoms with Gasteiger partial charge in [0.1, 0.15) is 11.9 Å². The molecule has 0 saturated carbocycles. The Hall–Kier alpha value is -1.88. The van der Waals surface area contributed by atoms with Crippen LogP contribution in [0.5, 0.6) is 5.75 Å². The summed E-state index contributed by atoms with van der Waals surface area (Å²) in [6.45, 7) is 0.938. The van der Waals surface area contributed by atoms with Crippen molar-refractivity contribution in [2.75, 3.05) is 27.8 Å². The van der Waals surface area contributed by atoms with Crippen molar-refractivity contribution in [1.82, 2.24) is 5.32 Å². The zero-order chi connectivity index (χ0) is 17.2. The smallest absolute Gasteiger partial charge is 0.134 e. The van der Waals surface area contributed by atoms with Crippen LogP contribution < -0.4 is 10.1 Å². The topological polar surface area (TPSA) is 30.5 Å². The van der Waals surface area contributed by atoms with Gasteiger partial charge in [-0.1, -0.05) is 42.5 Å². The Balaban J connectivity index is 0.000000647. The normalized spacial score (nSPS) is 11.6. The first-order valence-corrected chi connectivity index (χ1v) is 8.90.